The maximum absolute atomic E-state index is 13.5. The van der Waals surface area contributed by atoms with E-state index in [1.165, 1.54) is 14.2 Å². The van der Waals surface area contributed by atoms with Gasteiger partial charge in [-0.2, -0.15) is 0 Å². The second-order valence-electron chi connectivity index (χ2n) is 14.4. The summed E-state index contributed by atoms with van der Waals surface area (Å²) in [5.74, 6) is 14.5. The smallest absolute Gasteiger partial charge is 0.407 e. The minimum absolute atomic E-state index is 0.0287. The lowest BCUT2D eigenvalue weighted by molar-refractivity contribution is -0.135. The summed E-state index contributed by atoms with van der Waals surface area (Å²) >= 11 is 0. The van der Waals surface area contributed by atoms with Crippen molar-refractivity contribution >= 4 is 18.1 Å². The van der Waals surface area contributed by atoms with E-state index in [9.17, 15) is 19.5 Å². The third-order valence-electron chi connectivity index (χ3n) is 10.1. The number of hydrogen-bond acceptors (Lipinski definition) is 11. The number of benzene rings is 1. The van der Waals surface area contributed by atoms with Crippen molar-refractivity contribution < 1.29 is 38.4 Å². The molecular formula is C39H48N8O8. The van der Waals surface area contributed by atoms with Crippen LogP contribution < -0.4 is 20.1 Å². The van der Waals surface area contributed by atoms with Gasteiger partial charge in [0.2, 0.25) is 12.7 Å². The first-order valence-electron chi connectivity index (χ1n) is 18.5. The number of carbonyl (C=O) groups is 3. The van der Waals surface area contributed by atoms with Crippen molar-refractivity contribution in [3.05, 3.63) is 58.7 Å². The normalized spacial score (nSPS) is 19.3. The molecule has 16 nitrogen and oxygen atoms in total. The van der Waals surface area contributed by atoms with Crippen LogP contribution in [-0.2, 0) is 14.3 Å². The van der Waals surface area contributed by atoms with Crippen LogP contribution in [0.2, 0.25) is 0 Å². The van der Waals surface area contributed by atoms with E-state index in [0.717, 1.165) is 25.7 Å². The highest BCUT2D eigenvalue weighted by molar-refractivity contribution is 5.86. The lowest BCUT2D eigenvalue weighted by atomic mass is 10.0. The number of likely N-dealkylation sites (tertiary alicyclic amines) is 2. The fourth-order valence-corrected chi connectivity index (χ4v) is 7.18. The fraction of sp³-hybridized carbons (Fsp3) is 0.513. The Labute approximate surface area is 320 Å². The lowest BCUT2D eigenvalue weighted by Crippen LogP contribution is -2.54. The highest BCUT2D eigenvalue weighted by Crippen LogP contribution is 2.39. The molecule has 1 aromatic carbocycles. The third-order valence-corrected chi connectivity index (χ3v) is 10.1. The molecule has 2 saturated heterocycles. The van der Waals surface area contributed by atoms with Gasteiger partial charge in [0.15, 0.2) is 11.5 Å². The number of ether oxygens (including phenoxy) is 4. The van der Waals surface area contributed by atoms with E-state index in [1.54, 1.807) is 17.3 Å². The molecule has 5 atom stereocenters. The standard InChI is InChI=1S/C39H48N8O8/c1-22(2)30(44-38(50)52-5)36(48)46-17-7-9-28(46)34-40-19-26(42-34)15-13-24-11-12-25(33-32(24)54-21-55-33)14-16-27-20-41-35(43-27)29-10-8-18-47(29)37(49)31(23(3)4)45-39(51)53-6/h11-12,19-20,22-23,28-31,36,48H,7-10,17-18,21H2,1-6H3,(H,40,42)(H,41,43)(H,44,50)(H,45,51)/t28-,29-,30-,31-,36?/m0/s1. The van der Waals surface area contributed by atoms with E-state index in [2.05, 4.69) is 54.3 Å². The molecular weight excluding hydrogens is 708 g/mol. The fourth-order valence-electron chi connectivity index (χ4n) is 7.18. The van der Waals surface area contributed by atoms with Crippen LogP contribution in [0, 0.1) is 35.5 Å². The predicted octanol–water partition coefficient (Wildman–Crippen LogP) is 3.54. The first-order valence-corrected chi connectivity index (χ1v) is 18.5. The van der Waals surface area contributed by atoms with Crippen LogP contribution in [0.3, 0.4) is 0 Å². The number of aromatic nitrogens is 4. The number of aliphatic hydroxyl groups is 1. The summed E-state index contributed by atoms with van der Waals surface area (Å²) in [4.78, 5) is 56.8. The van der Waals surface area contributed by atoms with Gasteiger partial charge >= 0.3 is 12.2 Å². The number of aromatic amines is 2. The molecule has 55 heavy (non-hydrogen) atoms. The molecule has 6 rings (SSSR count). The summed E-state index contributed by atoms with van der Waals surface area (Å²) in [5, 5.41) is 16.7. The number of hydrogen-bond donors (Lipinski definition) is 5. The highest BCUT2D eigenvalue weighted by Gasteiger charge is 2.39. The Balaban J connectivity index is 1.14. The van der Waals surface area contributed by atoms with Gasteiger partial charge in [0, 0.05) is 13.1 Å². The number of rotatable bonds is 9. The number of nitrogens with one attached hydrogen (secondary N) is 4. The van der Waals surface area contributed by atoms with Crippen molar-refractivity contribution in [2.24, 2.45) is 11.8 Å². The first kappa shape index (κ1) is 39.0. The quantitative estimate of drug-likeness (QED) is 0.200. The predicted molar refractivity (Wildman–Crippen MR) is 198 cm³/mol. The molecule has 2 aromatic heterocycles. The van der Waals surface area contributed by atoms with E-state index in [1.807, 2.05) is 44.7 Å². The number of imidazole rings is 2. The van der Waals surface area contributed by atoms with Crippen LogP contribution >= 0.6 is 0 Å². The Morgan fingerprint density at radius 2 is 1.36 bits per heavy atom. The first-order chi connectivity index (χ1) is 26.5. The highest BCUT2D eigenvalue weighted by atomic mass is 16.7. The number of nitrogens with zero attached hydrogens (tertiary/aromatic N) is 4. The molecule has 1 unspecified atom stereocenters. The Morgan fingerprint density at radius 3 is 1.93 bits per heavy atom. The number of carbonyl (C=O) groups excluding carboxylic acids is 3. The van der Waals surface area contributed by atoms with Gasteiger partial charge in [-0.15, -0.1) is 0 Å². The minimum Gasteiger partial charge on any atom is -0.453 e. The average molecular weight is 757 g/mol. The third kappa shape index (κ3) is 8.66. The number of fused-ring (bicyclic) bond motifs is 1. The van der Waals surface area contributed by atoms with Crippen molar-refractivity contribution in [1.29, 1.82) is 0 Å². The molecule has 3 amide bonds. The number of H-pyrrole nitrogens is 2. The van der Waals surface area contributed by atoms with Gasteiger partial charge in [-0.1, -0.05) is 39.5 Å². The van der Waals surface area contributed by atoms with Crippen molar-refractivity contribution in [2.75, 3.05) is 34.1 Å². The van der Waals surface area contributed by atoms with E-state index < -0.39 is 30.5 Å². The van der Waals surface area contributed by atoms with Crippen LogP contribution in [0.4, 0.5) is 9.59 Å². The van der Waals surface area contributed by atoms with Crippen molar-refractivity contribution in [3.8, 4) is 35.2 Å². The monoisotopic (exact) mass is 756 g/mol. The van der Waals surface area contributed by atoms with Crippen LogP contribution in [0.5, 0.6) is 11.5 Å². The van der Waals surface area contributed by atoms with E-state index >= 15 is 0 Å². The van der Waals surface area contributed by atoms with Gasteiger partial charge < -0.3 is 49.6 Å². The van der Waals surface area contributed by atoms with E-state index in [4.69, 9.17) is 18.9 Å². The molecule has 0 bridgehead atoms. The van der Waals surface area contributed by atoms with E-state index in [0.29, 0.717) is 58.8 Å². The summed E-state index contributed by atoms with van der Waals surface area (Å²) in [6.07, 6.45) is 4.32. The zero-order valence-corrected chi connectivity index (χ0v) is 31.9. The average Bonchev–Trinajstić information content (AvgIpc) is 4.02. The Morgan fingerprint density at radius 1 is 0.818 bits per heavy atom. The Kier molecular flexibility index (Phi) is 12.2. The molecule has 5 heterocycles. The van der Waals surface area contributed by atoms with Gasteiger partial charge in [0.1, 0.15) is 35.3 Å². The number of alkyl carbamates (subject to hydrolysis) is 2. The maximum Gasteiger partial charge on any atom is 0.407 e. The minimum atomic E-state index is -0.933. The number of aliphatic hydroxyl groups excluding tert-OH is 1. The molecule has 3 aliphatic heterocycles. The topological polar surface area (TPSA) is 196 Å². The van der Waals surface area contributed by atoms with Gasteiger partial charge in [0.25, 0.3) is 0 Å². The van der Waals surface area contributed by atoms with Gasteiger partial charge in [-0.3, -0.25) is 9.69 Å². The zero-order valence-electron chi connectivity index (χ0n) is 31.9. The van der Waals surface area contributed by atoms with Crippen LogP contribution in [-0.4, -0.2) is 105 Å². The van der Waals surface area contributed by atoms with Gasteiger partial charge in [0.05, 0.1) is 55.9 Å². The maximum atomic E-state index is 13.5. The molecule has 5 N–H and O–H groups in total. The molecule has 3 aliphatic rings. The van der Waals surface area contributed by atoms with Crippen LogP contribution in [0.25, 0.3) is 0 Å². The SMILES string of the molecule is COC(=O)N[C@@H](C(C)C)C(O)N1CCC[C@H]1c1ncc(C#Cc2ccc(C#Cc3cnc([C@@H]4CCCN4C(=O)[C@@H](NC(=O)OC)C(C)C)[nH]3)c3c2OCO3)[nH]1. The number of methoxy groups -OCH3 is 2. The molecule has 0 spiro atoms. The largest absolute Gasteiger partial charge is 0.453 e. The molecule has 16 heteroatoms. The Bertz CT molecular complexity index is 2000. The van der Waals surface area contributed by atoms with Gasteiger partial charge in [-0.05, 0) is 61.5 Å². The summed E-state index contributed by atoms with van der Waals surface area (Å²) in [6.45, 7) is 8.85. The van der Waals surface area contributed by atoms with Crippen LogP contribution in [0.15, 0.2) is 24.5 Å². The van der Waals surface area contributed by atoms with Crippen molar-refractivity contribution in [3.63, 3.8) is 0 Å². The second kappa shape index (κ2) is 17.2. The summed E-state index contributed by atoms with van der Waals surface area (Å²) in [6, 6.07) is 1.95. The summed E-state index contributed by atoms with van der Waals surface area (Å²) in [7, 11) is 2.57. The zero-order chi connectivity index (χ0) is 39.2. The van der Waals surface area contributed by atoms with Gasteiger partial charge in [-0.25, -0.2) is 19.6 Å². The summed E-state index contributed by atoms with van der Waals surface area (Å²) < 4.78 is 21.1. The molecule has 3 aromatic rings. The van der Waals surface area contributed by atoms with Crippen molar-refractivity contribution in [2.45, 2.75) is 83.8 Å². The molecule has 0 saturated carbocycles. The second-order valence-corrected chi connectivity index (χ2v) is 14.4. The van der Waals surface area contributed by atoms with Crippen molar-refractivity contribution in [1.82, 2.24) is 40.4 Å². The molecule has 0 radical (unpaired) electrons. The molecule has 2 fully saturated rings. The molecule has 0 aliphatic carbocycles. The lowest BCUT2D eigenvalue weighted by Gasteiger charge is -2.35. The number of amides is 3. The summed E-state index contributed by atoms with van der Waals surface area (Å²) in [5.41, 5.74) is 2.40. The van der Waals surface area contributed by atoms with Crippen LogP contribution in [0.1, 0.15) is 99.6 Å². The van der Waals surface area contributed by atoms with E-state index in [-0.39, 0.29) is 36.6 Å². The Hall–Kier alpha value is -5.71. The molecule has 292 valence electrons.